The quantitative estimate of drug-likeness (QED) is 0.0570. The molecule has 0 unspecified atom stereocenters. The Balaban J connectivity index is 1.65. The van der Waals surface area contributed by atoms with E-state index in [1.54, 1.807) is 0 Å². The van der Waals surface area contributed by atoms with Gasteiger partial charge in [0.05, 0.1) is 13.2 Å². The Morgan fingerprint density at radius 2 is 0.741 bits per heavy atom. The molecule has 0 spiro atoms. The van der Waals surface area contributed by atoms with Crippen LogP contribution in [0, 0.1) is 0 Å². The SMILES string of the molecule is CCCCCCCCCCCCn1cccc1/C=C/c1cc(OCCCC)c(/C=C/c2cccn2CCCCCCCCCCCC)cc1OCCCC. The van der Waals surface area contributed by atoms with Gasteiger partial charge in [0.2, 0.25) is 0 Å². The average Bonchev–Trinajstić information content (AvgIpc) is 3.84. The molecule has 0 N–H and O–H groups in total. The number of ether oxygens (including phenoxy) is 2. The number of rotatable bonds is 34. The highest BCUT2D eigenvalue weighted by Gasteiger charge is 2.11. The van der Waals surface area contributed by atoms with E-state index in [1.165, 1.54) is 140 Å². The van der Waals surface area contributed by atoms with Crippen molar-refractivity contribution in [3.05, 3.63) is 71.3 Å². The van der Waals surface area contributed by atoms with Crippen molar-refractivity contribution >= 4 is 24.3 Å². The standard InChI is InChI=1S/C50H80N2O2/c1-5-9-13-15-17-19-21-23-25-27-37-51-39-29-31-47(51)35-33-45-43-50(54-42-12-8-4)46(44-49(45)53-41-11-7-3)34-36-48-32-30-40-52(48)38-28-26-24-22-20-18-16-14-10-6-2/h29-36,39-40,43-44H,5-28,37-38,41-42H2,1-4H3/b35-33+,36-34+. The zero-order chi connectivity index (χ0) is 38.3. The van der Waals surface area contributed by atoms with E-state index in [0.29, 0.717) is 13.2 Å². The maximum atomic E-state index is 6.46. The normalized spacial score (nSPS) is 11.8. The van der Waals surface area contributed by atoms with Gasteiger partial charge in [-0.3, -0.25) is 0 Å². The zero-order valence-corrected chi connectivity index (χ0v) is 35.4. The Hall–Kier alpha value is -3.14. The molecule has 302 valence electrons. The first-order valence-electron chi connectivity index (χ1n) is 22.8. The molecule has 0 aliphatic heterocycles. The van der Waals surface area contributed by atoms with E-state index in [2.05, 4.69) is 110 Å². The van der Waals surface area contributed by atoms with Crippen LogP contribution < -0.4 is 9.47 Å². The van der Waals surface area contributed by atoms with E-state index < -0.39 is 0 Å². The number of nitrogens with zero attached hydrogens (tertiary/aromatic N) is 2. The van der Waals surface area contributed by atoms with Gasteiger partial charge in [-0.15, -0.1) is 0 Å². The molecule has 3 rings (SSSR count). The molecule has 0 saturated heterocycles. The fraction of sp³-hybridized carbons (Fsp3) is 0.640. The summed E-state index contributed by atoms with van der Waals surface area (Å²) in [5.74, 6) is 1.85. The van der Waals surface area contributed by atoms with E-state index >= 15 is 0 Å². The first-order valence-corrected chi connectivity index (χ1v) is 22.8. The Bertz CT molecular complexity index is 1290. The number of hydrogen-bond donors (Lipinski definition) is 0. The summed E-state index contributed by atoms with van der Waals surface area (Å²) in [6, 6.07) is 13.2. The summed E-state index contributed by atoms with van der Waals surface area (Å²) in [6.45, 7) is 12.6. The number of unbranched alkanes of at least 4 members (excludes halogenated alkanes) is 20. The molecular formula is C50H80N2O2. The number of hydrogen-bond acceptors (Lipinski definition) is 2. The minimum Gasteiger partial charge on any atom is -0.493 e. The maximum absolute atomic E-state index is 6.46. The number of aryl methyl sites for hydroxylation is 2. The third-order valence-corrected chi connectivity index (χ3v) is 10.8. The van der Waals surface area contributed by atoms with Crippen LogP contribution in [0.15, 0.2) is 48.8 Å². The van der Waals surface area contributed by atoms with Crippen LogP contribution in [-0.4, -0.2) is 22.3 Å². The van der Waals surface area contributed by atoms with Crippen LogP contribution >= 0.6 is 0 Å². The molecule has 0 aliphatic carbocycles. The first-order chi connectivity index (χ1) is 26.7. The molecule has 4 nitrogen and oxygen atoms in total. The van der Waals surface area contributed by atoms with Crippen molar-refractivity contribution in [1.29, 1.82) is 0 Å². The van der Waals surface area contributed by atoms with Crippen molar-refractivity contribution in [2.75, 3.05) is 13.2 Å². The summed E-state index contributed by atoms with van der Waals surface area (Å²) in [4.78, 5) is 0. The molecule has 0 saturated carbocycles. The van der Waals surface area contributed by atoms with E-state index in [1.807, 2.05) is 0 Å². The topological polar surface area (TPSA) is 28.3 Å². The molecule has 3 aromatic rings. The third kappa shape index (κ3) is 18.9. The van der Waals surface area contributed by atoms with Crippen molar-refractivity contribution in [3.8, 4) is 11.5 Å². The van der Waals surface area contributed by atoms with E-state index in [9.17, 15) is 0 Å². The molecule has 2 heterocycles. The van der Waals surface area contributed by atoms with E-state index in [4.69, 9.17) is 9.47 Å². The van der Waals surface area contributed by atoms with Gasteiger partial charge in [-0.1, -0.05) is 156 Å². The molecule has 54 heavy (non-hydrogen) atoms. The average molecular weight is 741 g/mol. The molecular weight excluding hydrogens is 661 g/mol. The highest BCUT2D eigenvalue weighted by atomic mass is 16.5. The Kier molecular flexibility index (Phi) is 25.2. The monoisotopic (exact) mass is 741 g/mol. The highest BCUT2D eigenvalue weighted by Crippen LogP contribution is 2.33. The lowest BCUT2D eigenvalue weighted by Crippen LogP contribution is -2.03. The molecule has 4 heteroatoms. The summed E-state index contributed by atoms with van der Waals surface area (Å²) < 4.78 is 17.7. The third-order valence-electron chi connectivity index (χ3n) is 10.8. The Morgan fingerprint density at radius 1 is 0.407 bits per heavy atom. The second-order valence-electron chi connectivity index (χ2n) is 15.6. The van der Waals surface area contributed by atoms with Gasteiger partial charge in [0.25, 0.3) is 0 Å². The number of aromatic nitrogens is 2. The maximum Gasteiger partial charge on any atom is 0.127 e. The van der Waals surface area contributed by atoms with Crippen LogP contribution in [0.5, 0.6) is 11.5 Å². The van der Waals surface area contributed by atoms with Gasteiger partial charge in [0.1, 0.15) is 11.5 Å². The minimum atomic E-state index is 0.716. The molecule has 0 fully saturated rings. The smallest absolute Gasteiger partial charge is 0.127 e. The van der Waals surface area contributed by atoms with Gasteiger partial charge in [-0.2, -0.15) is 0 Å². The summed E-state index contributed by atoms with van der Waals surface area (Å²) in [7, 11) is 0. The van der Waals surface area contributed by atoms with Crippen molar-refractivity contribution in [2.24, 2.45) is 0 Å². The second kappa shape index (κ2) is 30.1. The highest BCUT2D eigenvalue weighted by molar-refractivity contribution is 5.78. The first kappa shape index (κ1) is 45.3. The molecule has 0 radical (unpaired) electrons. The Morgan fingerprint density at radius 3 is 1.09 bits per heavy atom. The van der Waals surface area contributed by atoms with Crippen molar-refractivity contribution in [2.45, 2.75) is 195 Å². The molecule has 0 atom stereocenters. The predicted octanol–water partition coefficient (Wildman–Crippen LogP) is 15.8. The molecule has 1 aromatic carbocycles. The fourth-order valence-corrected chi connectivity index (χ4v) is 7.21. The summed E-state index contributed by atoms with van der Waals surface area (Å²) in [6.07, 6.45) is 45.0. The molecule has 2 aromatic heterocycles. The molecule has 0 amide bonds. The van der Waals surface area contributed by atoms with Gasteiger partial charge < -0.3 is 18.6 Å². The van der Waals surface area contributed by atoms with Crippen molar-refractivity contribution in [3.63, 3.8) is 0 Å². The van der Waals surface area contributed by atoms with Gasteiger partial charge >= 0.3 is 0 Å². The van der Waals surface area contributed by atoms with Gasteiger partial charge in [-0.25, -0.2) is 0 Å². The summed E-state index contributed by atoms with van der Waals surface area (Å²) in [5.41, 5.74) is 4.63. The zero-order valence-electron chi connectivity index (χ0n) is 35.4. The van der Waals surface area contributed by atoms with Gasteiger partial charge in [0, 0.05) is 48.0 Å². The summed E-state index contributed by atoms with van der Waals surface area (Å²) in [5, 5.41) is 0. The van der Waals surface area contributed by atoms with Crippen molar-refractivity contribution in [1.82, 2.24) is 9.13 Å². The number of benzene rings is 1. The van der Waals surface area contributed by atoms with Crippen LogP contribution in [-0.2, 0) is 13.1 Å². The van der Waals surface area contributed by atoms with Gasteiger partial charge in [0.15, 0.2) is 0 Å². The lowest BCUT2D eigenvalue weighted by molar-refractivity contribution is 0.300. The minimum absolute atomic E-state index is 0.716. The van der Waals surface area contributed by atoms with E-state index in [-0.39, 0.29) is 0 Å². The van der Waals surface area contributed by atoms with Crippen LogP contribution in [0.2, 0.25) is 0 Å². The lowest BCUT2D eigenvalue weighted by atomic mass is 10.1. The molecule has 0 bridgehead atoms. The lowest BCUT2D eigenvalue weighted by Gasteiger charge is -2.15. The van der Waals surface area contributed by atoms with Crippen LogP contribution in [0.1, 0.15) is 204 Å². The van der Waals surface area contributed by atoms with Crippen LogP contribution in [0.25, 0.3) is 24.3 Å². The van der Waals surface area contributed by atoms with Gasteiger partial charge in [-0.05, 0) is 86.4 Å². The Labute approximate surface area is 332 Å². The van der Waals surface area contributed by atoms with E-state index in [0.717, 1.165) is 61.4 Å². The predicted molar refractivity (Wildman–Crippen MR) is 238 cm³/mol. The van der Waals surface area contributed by atoms with Crippen LogP contribution in [0.3, 0.4) is 0 Å². The second-order valence-corrected chi connectivity index (χ2v) is 15.6. The summed E-state index contributed by atoms with van der Waals surface area (Å²) >= 11 is 0. The molecule has 0 aliphatic rings. The fourth-order valence-electron chi connectivity index (χ4n) is 7.21. The van der Waals surface area contributed by atoms with Crippen molar-refractivity contribution < 1.29 is 9.47 Å². The largest absolute Gasteiger partial charge is 0.493 e. The van der Waals surface area contributed by atoms with Crippen LogP contribution in [0.4, 0.5) is 0 Å².